The van der Waals surface area contributed by atoms with E-state index in [2.05, 4.69) is 10.3 Å². The molecule has 154 valence electrons. The first-order valence-corrected chi connectivity index (χ1v) is 10.5. The van der Waals surface area contributed by atoms with E-state index in [1.807, 2.05) is 61.6 Å². The van der Waals surface area contributed by atoms with Gasteiger partial charge in [-0.3, -0.25) is 9.59 Å². The summed E-state index contributed by atoms with van der Waals surface area (Å²) >= 11 is 0. The van der Waals surface area contributed by atoms with Gasteiger partial charge in [-0.05, 0) is 25.1 Å². The van der Waals surface area contributed by atoms with Crippen LogP contribution in [0.15, 0.2) is 78.9 Å². The minimum Gasteiger partial charge on any atom is -0.468 e. The average Bonchev–Trinajstić information content (AvgIpc) is 2.82. The molecule has 32 heavy (non-hydrogen) atoms. The molecule has 5 heteroatoms. The number of carbonyl (C=O) groups excluding carboxylic acids is 2. The van der Waals surface area contributed by atoms with Gasteiger partial charge >= 0.3 is 0 Å². The fourth-order valence-corrected chi connectivity index (χ4v) is 4.40. The molecule has 1 heterocycles. The summed E-state index contributed by atoms with van der Waals surface area (Å²) < 4.78 is 6.23. The molecule has 2 N–H and O–H groups in total. The number of fused-ring (bicyclic) bond motifs is 5. The van der Waals surface area contributed by atoms with E-state index in [0.29, 0.717) is 39.4 Å². The number of ketones is 2. The smallest absolute Gasteiger partial charge is 0.258 e. The summed E-state index contributed by atoms with van der Waals surface area (Å²) in [5, 5.41) is 3.34. The van der Waals surface area contributed by atoms with Gasteiger partial charge in [0.1, 0.15) is 5.56 Å². The molecular formula is C27H19N2O3+. The van der Waals surface area contributed by atoms with Crippen molar-refractivity contribution < 1.29 is 19.3 Å². The van der Waals surface area contributed by atoms with Gasteiger partial charge in [0.05, 0.1) is 11.3 Å². The molecule has 0 saturated heterocycles. The third kappa shape index (κ3) is 2.75. The molecule has 3 aromatic rings. The van der Waals surface area contributed by atoms with Crippen molar-refractivity contribution in [2.45, 2.75) is 13.0 Å². The first-order valence-electron chi connectivity index (χ1n) is 10.5. The largest absolute Gasteiger partial charge is 0.468 e. The minimum atomic E-state index is -0.264. The van der Waals surface area contributed by atoms with Crippen LogP contribution in [-0.2, 0) is 0 Å². The van der Waals surface area contributed by atoms with Crippen LogP contribution in [-0.4, -0.2) is 23.4 Å². The van der Waals surface area contributed by atoms with Gasteiger partial charge in [-0.1, -0.05) is 54.1 Å². The van der Waals surface area contributed by atoms with Crippen LogP contribution in [0.5, 0.6) is 5.75 Å². The molecule has 3 aliphatic rings. The zero-order valence-electron chi connectivity index (χ0n) is 17.3. The van der Waals surface area contributed by atoms with E-state index in [9.17, 15) is 9.59 Å². The van der Waals surface area contributed by atoms with E-state index in [0.717, 1.165) is 17.0 Å². The highest BCUT2D eigenvalue weighted by Crippen LogP contribution is 2.42. The van der Waals surface area contributed by atoms with E-state index < -0.39 is 0 Å². The van der Waals surface area contributed by atoms with Crippen molar-refractivity contribution in [1.29, 1.82) is 0 Å². The summed E-state index contributed by atoms with van der Waals surface area (Å²) in [7, 11) is 0. The molecule has 0 radical (unpaired) electrons. The van der Waals surface area contributed by atoms with Gasteiger partial charge in [-0.15, -0.1) is 0 Å². The van der Waals surface area contributed by atoms with Gasteiger partial charge in [0, 0.05) is 29.0 Å². The molecule has 1 atom stereocenters. The lowest BCUT2D eigenvalue weighted by Gasteiger charge is -2.26. The van der Waals surface area contributed by atoms with Crippen LogP contribution < -0.4 is 15.0 Å². The van der Waals surface area contributed by atoms with Gasteiger partial charge in [0.2, 0.25) is 17.6 Å². The fourth-order valence-electron chi connectivity index (χ4n) is 4.40. The van der Waals surface area contributed by atoms with E-state index in [4.69, 9.17) is 4.74 Å². The lowest BCUT2D eigenvalue weighted by Crippen LogP contribution is -2.72. The maximum atomic E-state index is 13.6. The molecule has 1 aliphatic heterocycles. The third-order valence-corrected chi connectivity index (χ3v) is 5.99. The number of allylic oxidation sites excluding steroid dienone is 2. The SMILES string of the molecule is Cc1ccc(Nc2cc3c(c4c2C(=O)c2ccccc2C4=O)[NH+]=C2C=CC=CC2O3)cc1. The molecule has 0 aromatic heterocycles. The number of aryl methyl sites for hydroxylation is 1. The van der Waals surface area contributed by atoms with Crippen LogP contribution in [0.25, 0.3) is 0 Å². The second-order valence-electron chi connectivity index (χ2n) is 8.10. The van der Waals surface area contributed by atoms with Crippen LogP contribution >= 0.6 is 0 Å². The van der Waals surface area contributed by atoms with Gasteiger partial charge in [-0.2, -0.15) is 0 Å². The Morgan fingerprint density at radius 2 is 1.62 bits per heavy atom. The summed E-state index contributed by atoms with van der Waals surface area (Å²) in [6, 6.07) is 16.7. The number of rotatable bonds is 2. The Labute approximate surface area is 184 Å². The molecule has 0 spiro atoms. The van der Waals surface area contributed by atoms with E-state index in [1.54, 1.807) is 24.3 Å². The highest BCUT2D eigenvalue weighted by molar-refractivity contribution is 6.32. The van der Waals surface area contributed by atoms with Gasteiger partial charge in [-0.25, -0.2) is 4.99 Å². The van der Waals surface area contributed by atoms with Crippen LogP contribution in [0.3, 0.4) is 0 Å². The standard InChI is InChI=1S/C27H18N2O3/c1-15-10-12-16(13-11-15)28-20-14-22-25(29-19-8-4-5-9-21(19)32-22)24-23(20)26(30)17-6-2-3-7-18(17)27(24)31/h2-14,21,28H,1H3/p+1. The summed E-state index contributed by atoms with van der Waals surface area (Å²) in [6.45, 7) is 2.02. The number of anilines is 2. The fraction of sp³-hybridized carbons (Fsp3) is 0.0741. The summed E-state index contributed by atoms with van der Waals surface area (Å²) in [5.74, 6) is 0.165. The number of benzene rings is 3. The molecule has 0 fully saturated rings. The molecule has 1 unspecified atom stereocenters. The molecule has 5 nitrogen and oxygen atoms in total. The number of hydrogen-bond acceptors (Lipinski definition) is 4. The molecule has 0 saturated carbocycles. The van der Waals surface area contributed by atoms with E-state index >= 15 is 0 Å². The molecule has 0 amide bonds. The number of ether oxygens (including phenoxy) is 1. The number of nitrogens with one attached hydrogen (secondary N) is 2. The third-order valence-electron chi connectivity index (χ3n) is 5.99. The van der Waals surface area contributed by atoms with Crippen molar-refractivity contribution in [2.75, 3.05) is 5.32 Å². The zero-order valence-corrected chi connectivity index (χ0v) is 17.3. The van der Waals surface area contributed by atoms with Gasteiger partial charge < -0.3 is 10.1 Å². The zero-order chi connectivity index (χ0) is 21.8. The van der Waals surface area contributed by atoms with Crippen molar-refractivity contribution in [1.82, 2.24) is 0 Å². The number of carbonyl (C=O) groups is 2. The Morgan fingerprint density at radius 1 is 0.906 bits per heavy atom. The lowest BCUT2D eigenvalue weighted by atomic mass is 9.81. The lowest BCUT2D eigenvalue weighted by molar-refractivity contribution is -0.362. The summed E-state index contributed by atoms with van der Waals surface area (Å²) in [6.07, 6.45) is 7.44. The van der Waals surface area contributed by atoms with E-state index in [1.165, 1.54) is 0 Å². The van der Waals surface area contributed by atoms with Crippen molar-refractivity contribution in [3.63, 3.8) is 0 Å². The van der Waals surface area contributed by atoms with Crippen LogP contribution in [0.2, 0.25) is 0 Å². The predicted octanol–water partition coefficient (Wildman–Crippen LogP) is 3.55. The van der Waals surface area contributed by atoms with Crippen LogP contribution in [0.1, 0.15) is 37.4 Å². The summed E-state index contributed by atoms with van der Waals surface area (Å²) in [5.41, 5.74) is 5.41. The Balaban J connectivity index is 1.60. The normalized spacial score (nSPS) is 17.5. The second kappa shape index (κ2) is 6.89. The quantitative estimate of drug-likeness (QED) is 0.521. The maximum absolute atomic E-state index is 13.6. The second-order valence-corrected chi connectivity index (χ2v) is 8.10. The molecule has 2 aliphatic carbocycles. The topological polar surface area (TPSA) is 69.4 Å². The van der Waals surface area contributed by atoms with Crippen molar-refractivity contribution in [3.05, 3.63) is 107 Å². The first kappa shape index (κ1) is 18.5. The van der Waals surface area contributed by atoms with E-state index in [-0.39, 0.29) is 17.7 Å². The Morgan fingerprint density at radius 3 is 2.38 bits per heavy atom. The van der Waals surface area contributed by atoms with Crippen molar-refractivity contribution in [3.8, 4) is 5.75 Å². The first-order chi connectivity index (χ1) is 15.6. The predicted molar refractivity (Wildman–Crippen MR) is 123 cm³/mol. The molecular weight excluding hydrogens is 400 g/mol. The van der Waals surface area contributed by atoms with Crippen molar-refractivity contribution in [2.24, 2.45) is 0 Å². The Kier molecular flexibility index (Phi) is 3.98. The van der Waals surface area contributed by atoms with Gasteiger partial charge in [0.25, 0.3) is 5.69 Å². The number of hydrogen-bond donors (Lipinski definition) is 2. The Bertz CT molecular complexity index is 1410. The molecule has 3 aromatic carbocycles. The highest BCUT2D eigenvalue weighted by atomic mass is 16.5. The maximum Gasteiger partial charge on any atom is 0.258 e. The monoisotopic (exact) mass is 419 g/mol. The Hall–Kier alpha value is -4.25. The van der Waals surface area contributed by atoms with Gasteiger partial charge in [0.15, 0.2) is 11.5 Å². The molecule has 6 rings (SSSR count). The minimum absolute atomic E-state index is 0.180. The van der Waals surface area contributed by atoms with Crippen LogP contribution in [0.4, 0.5) is 17.1 Å². The molecule has 0 bridgehead atoms. The van der Waals surface area contributed by atoms with Crippen molar-refractivity contribution >= 4 is 34.3 Å². The average molecular weight is 419 g/mol. The highest BCUT2D eigenvalue weighted by Gasteiger charge is 2.41. The van der Waals surface area contributed by atoms with Crippen LogP contribution in [0, 0.1) is 6.92 Å². The summed E-state index contributed by atoms with van der Waals surface area (Å²) in [4.78, 5) is 30.6.